The van der Waals surface area contributed by atoms with E-state index < -0.39 is 49.5 Å². The minimum absolute atomic E-state index is 0.143. The fraction of sp³-hybridized carbons (Fsp3) is 0.872. The van der Waals surface area contributed by atoms with E-state index in [0.717, 1.165) is 64.2 Å². The molecule has 0 aliphatic carbocycles. The molecule has 0 aromatic carbocycles. The standard InChI is InChI=1S/C39H73NO8/c1-3-5-7-9-11-13-15-16-17-19-21-23-25-27-29-35(43)40-32(31-47-39-38(46)37(45)36(44)34(30-41)48-39)33(42)28-26-24-22-20-18-14-12-10-8-6-4-2/h9,11,15-16,32-34,36-39,41-42,44-46H,3-8,10,12-14,17-31H2,1-2H3,(H,40,43)/b11-9-,16-15-. The van der Waals surface area contributed by atoms with Crippen molar-refractivity contribution in [3.8, 4) is 0 Å². The summed E-state index contributed by atoms with van der Waals surface area (Å²) in [6.45, 7) is 3.74. The van der Waals surface area contributed by atoms with Gasteiger partial charge in [-0.2, -0.15) is 0 Å². The summed E-state index contributed by atoms with van der Waals surface area (Å²) in [4.78, 5) is 12.9. The highest BCUT2D eigenvalue weighted by Crippen LogP contribution is 2.23. The Bertz CT molecular complexity index is 807. The third-order valence-electron chi connectivity index (χ3n) is 9.31. The lowest BCUT2D eigenvalue weighted by molar-refractivity contribution is -0.302. The van der Waals surface area contributed by atoms with Gasteiger partial charge in [-0.1, -0.05) is 141 Å². The van der Waals surface area contributed by atoms with Gasteiger partial charge in [0.2, 0.25) is 5.91 Å². The van der Waals surface area contributed by atoms with E-state index in [4.69, 9.17) is 9.47 Å². The van der Waals surface area contributed by atoms with Crippen molar-refractivity contribution in [2.24, 2.45) is 0 Å². The SMILES string of the molecule is CCCC/C=C\C/C=C\CCCCCCCC(=O)NC(COC1OC(CO)C(O)C(O)C1O)C(O)CCCCCCCCCCCCC. The summed E-state index contributed by atoms with van der Waals surface area (Å²) >= 11 is 0. The second-order valence-corrected chi connectivity index (χ2v) is 13.7. The summed E-state index contributed by atoms with van der Waals surface area (Å²) in [6, 6.07) is -0.721. The van der Waals surface area contributed by atoms with Crippen LogP contribution in [-0.2, 0) is 14.3 Å². The maximum atomic E-state index is 12.9. The summed E-state index contributed by atoms with van der Waals surface area (Å²) < 4.78 is 11.2. The zero-order valence-corrected chi connectivity index (χ0v) is 30.5. The van der Waals surface area contributed by atoms with Crippen molar-refractivity contribution < 1.29 is 39.8 Å². The summed E-state index contributed by atoms with van der Waals surface area (Å²) in [5.41, 5.74) is 0. The number of aliphatic hydroxyl groups is 5. The fourth-order valence-electron chi connectivity index (χ4n) is 6.06. The second kappa shape index (κ2) is 30.5. The molecule has 6 N–H and O–H groups in total. The van der Waals surface area contributed by atoms with Crippen LogP contribution in [-0.4, -0.2) is 87.5 Å². The molecule has 0 bridgehead atoms. The molecule has 1 aliphatic rings. The van der Waals surface area contributed by atoms with E-state index in [2.05, 4.69) is 43.5 Å². The quantitative estimate of drug-likeness (QED) is 0.0346. The molecule has 7 atom stereocenters. The highest BCUT2D eigenvalue weighted by molar-refractivity contribution is 5.76. The summed E-state index contributed by atoms with van der Waals surface area (Å²) in [5.74, 6) is -0.162. The largest absolute Gasteiger partial charge is 0.394 e. The van der Waals surface area contributed by atoms with Crippen LogP contribution in [0.1, 0.15) is 162 Å². The number of unbranched alkanes of at least 4 members (excludes halogenated alkanes) is 17. The van der Waals surface area contributed by atoms with Gasteiger partial charge in [0.15, 0.2) is 6.29 Å². The van der Waals surface area contributed by atoms with E-state index in [1.54, 1.807) is 0 Å². The van der Waals surface area contributed by atoms with Crippen LogP contribution in [0.15, 0.2) is 24.3 Å². The Morgan fingerprint density at radius 3 is 1.85 bits per heavy atom. The number of nitrogens with one attached hydrogen (secondary N) is 1. The number of amides is 1. The van der Waals surface area contributed by atoms with Crippen LogP contribution in [0.5, 0.6) is 0 Å². The summed E-state index contributed by atoms with van der Waals surface area (Å²) in [5, 5.41) is 54.0. The van der Waals surface area contributed by atoms with Crippen molar-refractivity contribution in [3.63, 3.8) is 0 Å². The van der Waals surface area contributed by atoms with Crippen LogP contribution in [0.4, 0.5) is 0 Å². The molecule has 1 fully saturated rings. The number of allylic oxidation sites excluding steroid dienone is 4. The first kappa shape index (κ1) is 44.7. The normalized spacial score (nSPS) is 22.9. The second-order valence-electron chi connectivity index (χ2n) is 13.7. The van der Waals surface area contributed by atoms with E-state index in [1.807, 2.05) is 0 Å². The first-order valence-corrected chi connectivity index (χ1v) is 19.5. The van der Waals surface area contributed by atoms with E-state index in [9.17, 15) is 30.3 Å². The molecular formula is C39H73NO8. The number of hydrogen-bond donors (Lipinski definition) is 6. The molecule has 282 valence electrons. The van der Waals surface area contributed by atoms with Gasteiger partial charge in [0.1, 0.15) is 24.4 Å². The smallest absolute Gasteiger partial charge is 0.220 e. The predicted molar refractivity (Wildman–Crippen MR) is 193 cm³/mol. The highest BCUT2D eigenvalue weighted by atomic mass is 16.7. The van der Waals surface area contributed by atoms with Crippen molar-refractivity contribution in [3.05, 3.63) is 24.3 Å². The lowest BCUT2D eigenvalue weighted by atomic mass is 9.99. The minimum Gasteiger partial charge on any atom is -0.394 e. The average Bonchev–Trinajstić information content (AvgIpc) is 3.08. The lowest BCUT2D eigenvalue weighted by Gasteiger charge is -2.40. The predicted octanol–water partition coefficient (Wildman–Crippen LogP) is 6.77. The van der Waals surface area contributed by atoms with Crippen LogP contribution in [0.25, 0.3) is 0 Å². The van der Waals surface area contributed by atoms with E-state index in [-0.39, 0.29) is 12.5 Å². The van der Waals surface area contributed by atoms with E-state index in [0.29, 0.717) is 12.8 Å². The summed E-state index contributed by atoms with van der Waals surface area (Å²) in [7, 11) is 0. The van der Waals surface area contributed by atoms with Crippen LogP contribution in [0, 0.1) is 0 Å². The molecule has 1 aliphatic heterocycles. The molecule has 9 heteroatoms. The molecule has 1 saturated heterocycles. The molecule has 0 radical (unpaired) electrons. The molecule has 48 heavy (non-hydrogen) atoms. The monoisotopic (exact) mass is 684 g/mol. The van der Waals surface area contributed by atoms with Crippen molar-refractivity contribution in [2.45, 2.75) is 204 Å². The number of carbonyl (C=O) groups is 1. The Morgan fingerprint density at radius 2 is 1.25 bits per heavy atom. The summed E-state index contributed by atoms with van der Waals surface area (Å²) in [6.07, 6.45) is 26.1. The van der Waals surface area contributed by atoms with Crippen LogP contribution in [0.3, 0.4) is 0 Å². The van der Waals surface area contributed by atoms with Gasteiger partial charge in [-0.15, -0.1) is 0 Å². The highest BCUT2D eigenvalue weighted by Gasteiger charge is 2.44. The lowest BCUT2D eigenvalue weighted by Crippen LogP contribution is -2.60. The number of ether oxygens (including phenoxy) is 2. The van der Waals surface area contributed by atoms with Gasteiger partial charge in [-0.05, 0) is 38.5 Å². The molecule has 9 nitrogen and oxygen atoms in total. The van der Waals surface area contributed by atoms with Gasteiger partial charge < -0.3 is 40.3 Å². The number of carbonyl (C=O) groups excluding carboxylic acids is 1. The zero-order valence-electron chi connectivity index (χ0n) is 30.5. The molecule has 0 saturated carbocycles. The molecule has 1 amide bonds. The zero-order chi connectivity index (χ0) is 35.2. The van der Waals surface area contributed by atoms with Gasteiger partial charge in [-0.25, -0.2) is 0 Å². The maximum Gasteiger partial charge on any atom is 0.220 e. The third-order valence-corrected chi connectivity index (χ3v) is 9.31. The number of aliphatic hydroxyl groups excluding tert-OH is 5. The van der Waals surface area contributed by atoms with Crippen molar-refractivity contribution >= 4 is 5.91 Å². The van der Waals surface area contributed by atoms with Gasteiger partial charge in [0.25, 0.3) is 0 Å². The minimum atomic E-state index is -1.55. The van der Waals surface area contributed by atoms with Gasteiger partial charge in [0, 0.05) is 6.42 Å². The third kappa shape index (κ3) is 21.7. The molecule has 1 rings (SSSR count). The molecular weight excluding hydrogens is 610 g/mol. The van der Waals surface area contributed by atoms with Crippen LogP contribution < -0.4 is 5.32 Å². The van der Waals surface area contributed by atoms with E-state index >= 15 is 0 Å². The Kier molecular flexibility index (Phi) is 28.4. The molecule has 0 aromatic heterocycles. The molecule has 7 unspecified atom stereocenters. The first-order valence-electron chi connectivity index (χ1n) is 19.5. The fourth-order valence-corrected chi connectivity index (χ4v) is 6.06. The molecule has 0 spiro atoms. The van der Waals surface area contributed by atoms with Crippen LogP contribution >= 0.6 is 0 Å². The van der Waals surface area contributed by atoms with Crippen molar-refractivity contribution in [2.75, 3.05) is 13.2 Å². The van der Waals surface area contributed by atoms with Crippen LogP contribution in [0.2, 0.25) is 0 Å². The molecule has 0 aromatic rings. The first-order chi connectivity index (χ1) is 23.3. The van der Waals surface area contributed by atoms with Gasteiger partial charge >= 0.3 is 0 Å². The molecule has 1 heterocycles. The van der Waals surface area contributed by atoms with Crippen molar-refractivity contribution in [1.82, 2.24) is 5.32 Å². The van der Waals surface area contributed by atoms with Gasteiger partial charge in [0.05, 0.1) is 25.4 Å². The van der Waals surface area contributed by atoms with E-state index in [1.165, 1.54) is 70.6 Å². The average molecular weight is 684 g/mol. The van der Waals surface area contributed by atoms with Gasteiger partial charge in [-0.3, -0.25) is 4.79 Å². The number of rotatable bonds is 31. The number of hydrogen-bond acceptors (Lipinski definition) is 8. The Morgan fingerprint density at radius 1 is 0.708 bits per heavy atom. The topological polar surface area (TPSA) is 149 Å². The Balaban J connectivity index is 2.43. The Hall–Kier alpha value is -1.33. The Labute approximate surface area is 292 Å². The maximum absolute atomic E-state index is 12.9. The van der Waals surface area contributed by atoms with Crippen molar-refractivity contribution in [1.29, 1.82) is 0 Å².